The summed E-state index contributed by atoms with van der Waals surface area (Å²) in [5, 5.41) is 19.2. The van der Waals surface area contributed by atoms with Gasteiger partial charge in [0, 0.05) is 13.1 Å². The van der Waals surface area contributed by atoms with E-state index < -0.39 is 11.6 Å². The van der Waals surface area contributed by atoms with Crippen molar-refractivity contribution in [3.8, 4) is 0 Å². The number of aromatic nitrogens is 1. The summed E-state index contributed by atoms with van der Waals surface area (Å²) in [7, 11) is 0. The largest absolute Gasteiger partial charge is 0.476 e. The van der Waals surface area contributed by atoms with E-state index in [1.165, 1.54) is 0 Å². The van der Waals surface area contributed by atoms with Crippen LogP contribution in [0.25, 0.3) is 0 Å². The second-order valence-electron chi connectivity index (χ2n) is 5.14. The third-order valence-electron chi connectivity index (χ3n) is 3.42. The van der Waals surface area contributed by atoms with Gasteiger partial charge in [-0.05, 0) is 38.3 Å². The standard InChI is InChI=1S/C13H17ClN2O3/c1-13(19)5-2-7-16(8-6-13)10-4-3-9(14)11(15-10)12(17)18/h3-4,19H,2,5-8H2,1H3,(H,17,18). The molecule has 0 aliphatic carbocycles. The molecule has 0 saturated carbocycles. The molecule has 2 heterocycles. The van der Waals surface area contributed by atoms with E-state index >= 15 is 0 Å². The number of rotatable bonds is 2. The van der Waals surface area contributed by atoms with E-state index in [2.05, 4.69) is 4.98 Å². The smallest absolute Gasteiger partial charge is 0.356 e. The molecule has 1 unspecified atom stereocenters. The number of anilines is 1. The lowest BCUT2D eigenvalue weighted by Crippen LogP contribution is -2.29. The van der Waals surface area contributed by atoms with Gasteiger partial charge in [-0.15, -0.1) is 0 Å². The second kappa shape index (κ2) is 5.35. The van der Waals surface area contributed by atoms with Crippen molar-refractivity contribution in [2.45, 2.75) is 31.8 Å². The van der Waals surface area contributed by atoms with Gasteiger partial charge in [-0.1, -0.05) is 11.6 Å². The third-order valence-corrected chi connectivity index (χ3v) is 3.73. The minimum atomic E-state index is -1.13. The predicted molar refractivity (Wildman–Crippen MR) is 72.9 cm³/mol. The van der Waals surface area contributed by atoms with Gasteiger partial charge < -0.3 is 15.1 Å². The molecule has 0 bridgehead atoms. The molecule has 1 aromatic rings. The Morgan fingerprint density at radius 2 is 2.16 bits per heavy atom. The molecule has 104 valence electrons. The number of nitrogens with zero attached hydrogens (tertiary/aromatic N) is 2. The molecule has 2 rings (SSSR count). The minimum absolute atomic E-state index is 0.129. The van der Waals surface area contributed by atoms with Gasteiger partial charge in [-0.3, -0.25) is 0 Å². The summed E-state index contributed by atoms with van der Waals surface area (Å²) >= 11 is 5.81. The molecular formula is C13H17ClN2O3. The normalized spacial score (nSPS) is 24.1. The van der Waals surface area contributed by atoms with Crippen LogP contribution in [0.3, 0.4) is 0 Å². The van der Waals surface area contributed by atoms with Crippen LogP contribution in [0, 0.1) is 0 Å². The fourth-order valence-corrected chi connectivity index (χ4v) is 2.44. The van der Waals surface area contributed by atoms with Gasteiger partial charge in [0.05, 0.1) is 10.6 Å². The highest BCUT2D eigenvalue weighted by Gasteiger charge is 2.26. The Morgan fingerprint density at radius 1 is 1.42 bits per heavy atom. The van der Waals surface area contributed by atoms with Crippen molar-refractivity contribution in [2.24, 2.45) is 0 Å². The Labute approximate surface area is 116 Å². The molecule has 1 fully saturated rings. The highest BCUT2D eigenvalue weighted by molar-refractivity contribution is 6.33. The molecule has 0 aromatic carbocycles. The van der Waals surface area contributed by atoms with Crippen molar-refractivity contribution in [3.05, 3.63) is 22.8 Å². The van der Waals surface area contributed by atoms with Crippen LogP contribution in [-0.4, -0.2) is 39.9 Å². The molecule has 19 heavy (non-hydrogen) atoms. The third kappa shape index (κ3) is 3.36. The summed E-state index contributed by atoms with van der Waals surface area (Å²) in [4.78, 5) is 17.1. The van der Waals surface area contributed by atoms with Gasteiger partial charge in [-0.25, -0.2) is 9.78 Å². The van der Waals surface area contributed by atoms with Gasteiger partial charge in [0.15, 0.2) is 5.69 Å². The first-order valence-corrected chi connectivity index (χ1v) is 6.64. The molecule has 1 aliphatic heterocycles. The summed E-state index contributed by atoms with van der Waals surface area (Å²) in [5.74, 6) is -0.534. The lowest BCUT2D eigenvalue weighted by molar-refractivity contribution is 0.0481. The van der Waals surface area contributed by atoms with Crippen LogP contribution in [0.1, 0.15) is 36.7 Å². The number of hydrogen-bond acceptors (Lipinski definition) is 4. The molecule has 1 aromatic heterocycles. The lowest BCUT2D eigenvalue weighted by atomic mass is 9.98. The number of pyridine rings is 1. The van der Waals surface area contributed by atoms with Gasteiger partial charge in [-0.2, -0.15) is 0 Å². The van der Waals surface area contributed by atoms with Crippen molar-refractivity contribution < 1.29 is 15.0 Å². The fourth-order valence-electron chi connectivity index (χ4n) is 2.25. The van der Waals surface area contributed by atoms with Crippen molar-refractivity contribution in [1.82, 2.24) is 4.98 Å². The van der Waals surface area contributed by atoms with Crippen LogP contribution in [-0.2, 0) is 0 Å². The number of aromatic carboxylic acids is 1. The van der Waals surface area contributed by atoms with Crippen LogP contribution in [0.15, 0.2) is 12.1 Å². The van der Waals surface area contributed by atoms with E-state index in [0.717, 1.165) is 19.4 Å². The van der Waals surface area contributed by atoms with Crippen molar-refractivity contribution in [3.63, 3.8) is 0 Å². The molecule has 6 heteroatoms. The van der Waals surface area contributed by atoms with E-state index in [4.69, 9.17) is 16.7 Å². The first-order chi connectivity index (χ1) is 8.89. The molecule has 0 radical (unpaired) electrons. The van der Waals surface area contributed by atoms with E-state index in [0.29, 0.717) is 18.8 Å². The van der Waals surface area contributed by atoms with Gasteiger partial charge in [0.2, 0.25) is 0 Å². The Kier molecular flexibility index (Phi) is 3.96. The highest BCUT2D eigenvalue weighted by Crippen LogP contribution is 2.26. The number of carboxylic acids is 1. The van der Waals surface area contributed by atoms with E-state index in [1.54, 1.807) is 12.1 Å². The summed E-state index contributed by atoms with van der Waals surface area (Å²) in [6.07, 6.45) is 2.22. The monoisotopic (exact) mass is 284 g/mol. The zero-order chi connectivity index (χ0) is 14.0. The van der Waals surface area contributed by atoms with Crippen molar-refractivity contribution >= 4 is 23.4 Å². The van der Waals surface area contributed by atoms with Gasteiger partial charge in [0.1, 0.15) is 5.82 Å². The molecule has 5 nitrogen and oxygen atoms in total. The molecule has 1 saturated heterocycles. The molecule has 0 amide bonds. The SMILES string of the molecule is CC1(O)CCCN(c2ccc(Cl)c(C(=O)O)n2)CC1. The summed E-state index contributed by atoms with van der Waals surface area (Å²) < 4.78 is 0. The average molecular weight is 285 g/mol. The van der Waals surface area contributed by atoms with Gasteiger partial charge in [0.25, 0.3) is 0 Å². The molecule has 1 aliphatic rings. The van der Waals surface area contributed by atoms with Crippen LogP contribution in [0.4, 0.5) is 5.82 Å². The predicted octanol–water partition coefficient (Wildman–Crippen LogP) is 2.17. The highest BCUT2D eigenvalue weighted by atomic mass is 35.5. The molecule has 0 spiro atoms. The summed E-state index contributed by atoms with van der Waals surface area (Å²) in [6.45, 7) is 3.24. The molecule has 1 atom stereocenters. The Bertz CT molecular complexity index is 491. The fraction of sp³-hybridized carbons (Fsp3) is 0.538. The average Bonchev–Trinajstić information content (AvgIpc) is 2.51. The number of carboxylic acid groups (broad SMARTS) is 1. The van der Waals surface area contributed by atoms with E-state index in [-0.39, 0.29) is 10.7 Å². The molecule has 2 N–H and O–H groups in total. The Balaban J connectivity index is 2.22. The Hall–Kier alpha value is -1.33. The second-order valence-corrected chi connectivity index (χ2v) is 5.55. The topological polar surface area (TPSA) is 73.7 Å². The molecular weight excluding hydrogens is 268 g/mol. The quantitative estimate of drug-likeness (QED) is 0.871. The summed E-state index contributed by atoms with van der Waals surface area (Å²) in [6, 6.07) is 3.27. The summed E-state index contributed by atoms with van der Waals surface area (Å²) in [5.41, 5.74) is -0.785. The minimum Gasteiger partial charge on any atom is -0.476 e. The first kappa shape index (κ1) is 14.1. The maximum Gasteiger partial charge on any atom is 0.356 e. The van der Waals surface area contributed by atoms with E-state index in [1.807, 2.05) is 11.8 Å². The van der Waals surface area contributed by atoms with Crippen LogP contribution >= 0.6 is 11.6 Å². The number of hydrogen-bond donors (Lipinski definition) is 2. The maximum atomic E-state index is 11.0. The van der Waals surface area contributed by atoms with Gasteiger partial charge >= 0.3 is 5.97 Å². The first-order valence-electron chi connectivity index (χ1n) is 6.26. The van der Waals surface area contributed by atoms with E-state index in [9.17, 15) is 9.90 Å². The maximum absolute atomic E-state index is 11.0. The number of aliphatic hydroxyl groups is 1. The van der Waals surface area contributed by atoms with Crippen LogP contribution < -0.4 is 4.90 Å². The number of carbonyl (C=O) groups is 1. The zero-order valence-electron chi connectivity index (χ0n) is 10.8. The Morgan fingerprint density at radius 3 is 2.84 bits per heavy atom. The lowest BCUT2D eigenvalue weighted by Gasteiger charge is -2.23. The van der Waals surface area contributed by atoms with Crippen LogP contribution in [0.5, 0.6) is 0 Å². The number of halogens is 1. The zero-order valence-corrected chi connectivity index (χ0v) is 11.5. The van der Waals surface area contributed by atoms with Crippen molar-refractivity contribution in [1.29, 1.82) is 0 Å². The van der Waals surface area contributed by atoms with Crippen molar-refractivity contribution in [2.75, 3.05) is 18.0 Å². The van der Waals surface area contributed by atoms with Crippen LogP contribution in [0.2, 0.25) is 5.02 Å².